The first kappa shape index (κ1) is 29.5. The zero-order valence-corrected chi connectivity index (χ0v) is 23.4. The minimum absolute atomic E-state index is 0.0363. The van der Waals surface area contributed by atoms with Crippen molar-refractivity contribution in [2.45, 2.75) is 57.3 Å². The summed E-state index contributed by atoms with van der Waals surface area (Å²) in [6.07, 6.45) is 0.786. The Morgan fingerprint density at radius 1 is 0.585 bits per heavy atom. The van der Waals surface area contributed by atoms with Crippen LogP contribution in [0.5, 0.6) is 0 Å². The molecule has 4 rings (SSSR count). The Labute approximate surface area is 241 Å². The monoisotopic (exact) mass is 551 g/mol. The van der Waals surface area contributed by atoms with Crippen LogP contribution in [0.25, 0.3) is 10.8 Å². The van der Waals surface area contributed by atoms with Crippen LogP contribution in [0.15, 0.2) is 103 Å². The second-order valence-electron chi connectivity index (χ2n) is 10.6. The molecule has 0 fully saturated rings. The number of carbonyl (C=O) groups is 3. The molecule has 7 nitrogen and oxygen atoms in total. The Bertz CT molecular complexity index is 1460. The fourth-order valence-electron chi connectivity index (χ4n) is 4.88. The third kappa shape index (κ3) is 8.75. The molecule has 4 aromatic carbocycles. The molecule has 0 aliphatic heterocycles. The van der Waals surface area contributed by atoms with Crippen LogP contribution in [0.3, 0.4) is 0 Å². The largest absolute Gasteiger partial charge is 0.480 e. The van der Waals surface area contributed by atoms with E-state index in [1.54, 1.807) is 0 Å². The second kappa shape index (κ2) is 14.2. The molecule has 3 atom stereocenters. The molecule has 0 aliphatic carbocycles. The predicted octanol–water partition coefficient (Wildman–Crippen LogP) is 4.29. The molecule has 7 heteroatoms. The number of hydrogen-bond donors (Lipinski definition) is 4. The van der Waals surface area contributed by atoms with Crippen molar-refractivity contribution in [1.29, 1.82) is 0 Å². The van der Waals surface area contributed by atoms with Gasteiger partial charge in [-0.05, 0) is 33.9 Å². The van der Waals surface area contributed by atoms with Crippen molar-refractivity contribution < 1.29 is 19.5 Å². The van der Waals surface area contributed by atoms with Gasteiger partial charge in [0.15, 0.2) is 0 Å². The summed E-state index contributed by atoms with van der Waals surface area (Å²) in [6, 6.07) is 30.0. The van der Waals surface area contributed by atoms with Gasteiger partial charge in [-0.15, -0.1) is 0 Å². The minimum atomic E-state index is -1.16. The van der Waals surface area contributed by atoms with Crippen LogP contribution in [0, 0.1) is 0 Å². The maximum absolute atomic E-state index is 13.6. The van der Waals surface area contributed by atoms with E-state index in [1.165, 1.54) is 0 Å². The van der Waals surface area contributed by atoms with E-state index in [1.807, 2.05) is 117 Å². The molecule has 212 valence electrons. The van der Waals surface area contributed by atoms with Gasteiger partial charge in [0.25, 0.3) is 0 Å². The first-order valence-corrected chi connectivity index (χ1v) is 13.9. The molecule has 0 radical (unpaired) electrons. The number of nitrogens with one attached hydrogen (secondary N) is 3. The van der Waals surface area contributed by atoms with Crippen LogP contribution >= 0.6 is 0 Å². The Kier molecular flexibility index (Phi) is 10.2. The maximum Gasteiger partial charge on any atom is 0.326 e. The fraction of sp³-hybridized carbons (Fsp3) is 0.265. The molecule has 0 heterocycles. The molecule has 0 saturated heterocycles. The lowest BCUT2D eigenvalue weighted by molar-refractivity contribution is -0.142. The summed E-state index contributed by atoms with van der Waals surface area (Å²) in [6.45, 7) is 3.92. The van der Waals surface area contributed by atoms with Crippen molar-refractivity contribution in [3.8, 4) is 0 Å². The quantitative estimate of drug-likeness (QED) is 0.198. The van der Waals surface area contributed by atoms with Crippen LogP contribution in [0.4, 0.5) is 0 Å². The van der Waals surface area contributed by atoms with E-state index in [-0.39, 0.29) is 24.8 Å². The molecule has 0 aliphatic rings. The Morgan fingerprint density at radius 3 is 1.66 bits per heavy atom. The van der Waals surface area contributed by atoms with Crippen LogP contribution in [0.1, 0.15) is 30.5 Å². The Morgan fingerprint density at radius 2 is 1.07 bits per heavy atom. The summed E-state index contributed by atoms with van der Waals surface area (Å²) in [7, 11) is 0. The summed E-state index contributed by atoms with van der Waals surface area (Å²) in [5, 5.41) is 21.0. The number of fused-ring (bicyclic) bond motifs is 1. The van der Waals surface area contributed by atoms with E-state index in [0.29, 0.717) is 6.42 Å². The van der Waals surface area contributed by atoms with Crippen molar-refractivity contribution in [2.75, 3.05) is 0 Å². The number of aliphatic carboxylic acids is 1. The van der Waals surface area contributed by atoms with Crippen LogP contribution in [-0.4, -0.2) is 47.1 Å². The molecule has 4 N–H and O–H groups in total. The average molecular weight is 552 g/mol. The standard InChI is InChI=1S/C34H37N3O4/c1-23(2)35-29(20-24-11-5-3-6-12-24)32(38)36-30(21-25-13-7-4-8-14-25)33(39)37-31(34(40)41)22-26-17-18-27-15-9-10-16-28(27)19-26/h3-19,23,29-31,35H,20-22H2,1-2H3,(H,36,38)(H,37,39)(H,40,41)/t29-,30?,31-/m1/s1. The van der Waals surface area contributed by atoms with Crippen LogP contribution in [-0.2, 0) is 33.6 Å². The highest BCUT2D eigenvalue weighted by atomic mass is 16.4. The third-order valence-corrected chi connectivity index (χ3v) is 6.92. The zero-order chi connectivity index (χ0) is 29.2. The number of hydrogen-bond acceptors (Lipinski definition) is 4. The predicted molar refractivity (Wildman–Crippen MR) is 162 cm³/mol. The first-order chi connectivity index (χ1) is 19.8. The van der Waals surface area contributed by atoms with Gasteiger partial charge in [0.1, 0.15) is 12.1 Å². The van der Waals surface area contributed by atoms with Crippen molar-refractivity contribution >= 4 is 28.6 Å². The number of carboxylic acids is 1. The van der Waals surface area contributed by atoms with Crippen molar-refractivity contribution in [3.63, 3.8) is 0 Å². The van der Waals surface area contributed by atoms with E-state index in [0.717, 1.165) is 27.5 Å². The molecule has 2 amide bonds. The first-order valence-electron chi connectivity index (χ1n) is 13.9. The fourth-order valence-corrected chi connectivity index (χ4v) is 4.88. The molecular formula is C34H37N3O4. The molecule has 41 heavy (non-hydrogen) atoms. The van der Waals surface area contributed by atoms with Gasteiger partial charge in [-0.3, -0.25) is 9.59 Å². The number of rotatable bonds is 13. The van der Waals surface area contributed by atoms with Gasteiger partial charge >= 0.3 is 5.97 Å². The molecule has 0 aromatic heterocycles. The lowest BCUT2D eigenvalue weighted by atomic mass is 10.00. The van der Waals surface area contributed by atoms with Crippen molar-refractivity contribution in [2.24, 2.45) is 0 Å². The highest BCUT2D eigenvalue weighted by Crippen LogP contribution is 2.17. The summed E-state index contributed by atoms with van der Waals surface area (Å²) < 4.78 is 0. The number of amides is 2. The SMILES string of the molecule is CC(C)N[C@H](Cc1ccccc1)C(=O)NC(Cc1ccccc1)C(=O)N[C@H](Cc1ccc2ccccc2c1)C(=O)O. The van der Waals surface area contributed by atoms with Gasteiger partial charge in [0, 0.05) is 18.9 Å². The Balaban J connectivity index is 1.53. The average Bonchev–Trinajstić information content (AvgIpc) is 2.96. The van der Waals surface area contributed by atoms with E-state index in [9.17, 15) is 19.5 Å². The van der Waals surface area contributed by atoms with Crippen LogP contribution < -0.4 is 16.0 Å². The van der Waals surface area contributed by atoms with E-state index >= 15 is 0 Å². The molecule has 1 unspecified atom stereocenters. The van der Waals surface area contributed by atoms with Crippen molar-refractivity contribution in [1.82, 2.24) is 16.0 Å². The highest BCUT2D eigenvalue weighted by Gasteiger charge is 2.29. The van der Waals surface area contributed by atoms with Gasteiger partial charge in [-0.1, -0.05) is 117 Å². The normalized spacial score (nSPS) is 13.3. The molecule has 4 aromatic rings. The lowest BCUT2D eigenvalue weighted by Crippen LogP contribution is -2.57. The van der Waals surface area contributed by atoms with Crippen molar-refractivity contribution in [3.05, 3.63) is 120 Å². The third-order valence-electron chi connectivity index (χ3n) is 6.92. The highest BCUT2D eigenvalue weighted by molar-refractivity contribution is 5.92. The van der Waals surface area contributed by atoms with E-state index in [4.69, 9.17) is 0 Å². The number of carboxylic acid groups (broad SMARTS) is 1. The van der Waals surface area contributed by atoms with Gasteiger partial charge < -0.3 is 21.1 Å². The second-order valence-corrected chi connectivity index (χ2v) is 10.6. The van der Waals surface area contributed by atoms with E-state index in [2.05, 4.69) is 16.0 Å². The zero-order valence-electron chi connectivity index (χ0n) is 23.4. The molecule has 0 saturated carbocycles. The molecule has 0 spiro atoms. The number of carbonyl (C=O) groups excluding carboxylic acids is 2. The molecule has 0 bridgehead atoms. The van der Waals surface area contributed by atoms with Gasteiger partial charge in [0.2, 0.25) is 11.8 Å². The summed E-state index contributed by atoms with van der Waals surface area (Å²) in [4.78, 5) is 39.4. The summed E-state index contributed by atoms with van der Waals surface area (Å²) in [5.41, 5.74) is 2.64. The number of benzene rings is 4. The summed E-state index contributed by atoms with van der Waals surface area (Å²) in [5.74, 6) is -2.00. The minimum Gasteiger partial charge on any atom is -0.480 e. The van der Waals surface area contributed by atoms with Gasteiger partial charge in [0.05, 0.1) is 6.04 Å². The van der Waals surface area contributed by atoms with Gasteiger partial charge in [-0.25, -0.2) is 4.79 Å². The van der Waals surface area contributed by atoms with Crippen LogP contribution in [0.2, 0.25) is 0 Å². The van der Waals surface area contributed by atoms with Gasteiger partial charge in [-0.2, -0.15) is 0 Å². The maximum atomic E-state index is 13.6. The molecular weight excluding hydrogens is 514 g/mol. The lowest BCUT2D eigenvalue weighted by Gasteiger charge is -2.26. The smallest absolute Gasteiger partial charge is 0.326 e. The summed E-state index contributed by atoms with van der Waals surface area (Å²) >= 11 is 0. The topological polar surface area (TPSA) is 108 Å². The van der Waals surface area contributed by atoms with E-state index < -0.39 is 30.0 Å². The Hall–Kier alpha value is -4.49.